The standard InChI is InChI=1S/C20H20N2O3/c1-12-3-7-15(8-4-12)21-19(24)17-11-18(17)20(25)22-16-9-5-14(6-10-16)13(2)23/h3-10,17-18H,11H2,1-2H3,(H,21,24)(H,22,25). The molecule has 0 aliphatic heterocycles. The Morgan fingerprint density at radius 3 is 1.68 bits per heavy atom. The van der Waals surface area contributed by atoms with Crippen molar-refractivity contribution in [1.82, 2.24) is 0 Å². The smallest absolute Gasteiger partial charge is 0.228 e. The summed E-state index contributed by atoms with van der Waals surface area (Å²) in [5.41, 5.74) is 3.08. The summed E-state index contributed by atoms with van der Waals surface area (Å²) < 4.78 is 0. The Morgan fingerprint density at radius 2 is 1.24 bits per heavy atom. The van der Waals surface area contributed by atoms with Crippen molar-refractivity contribution < 1.29 is 14.4 Å². The van der Waals surface area contributed by atoms with Gasteiger partial charge in [-0.25, -0.2) is 0 Å². The minimum Gasteiger partial charge on any atom is -0.326 e. The Labute approximate surface area is 146 Å². The van der Waals surface area contributed by atoms with Gasteiger partial charge in [0.1, 0.15) is 0 Å². The van der Waals surface area contributed by atoms with Crippen LogP contribution in [0.1, 0.15) is 29.3 Å². The zero-order valence-corrected chi connectivity index (χ0v) is 14.2. The Kier molecular flexibility index (Phi) is 4.65. The number of amides is 2. The zero-order valence-electron chi connectivity index (χ0n) is 14.2. The summed E-state index contributed by atoms with van der Waals surface area (Å²) in [7, 11) is 0. The van der Waals surface area contributed by atoms with E-state index in [9.17, 15) is 14.4 Å². The predicted molar refractivity (Wildman–Crippen MR) is 96.5 cm³/mol. The molecule has 3 rings (SSSR count). The Morgan fingerprint density at radius 1 is 0.800 bits per heavy atom. The van der Waals surface area contributed by atoms with Crippen LogP contribution in [0.5, 0.6) is 0 Å². The molecule has 0 heterocycles. The average molecular weight is 336 g/mol. The SMILES string of the molecule is CC(=O)c1ccc(NC(=O)C2CC2C(=O)Nc2ccc(C)cc2)cc1. The second-order valence-electron chi connectivity index (χ2n) is 6.43. The molecule has 0 spiro atoms. The highest BCUT2D eigenvalue weighted by atomic mass is 16.2. The number of benzene rings is 2. The molecule has 2 aromatic carbocycles. The summed E-state index contributed by atoms with van der Waals surface area (Å²) >= 11 is 0. The first-order valence-corrected chi connectivity index (χ1v) is 8.23. The summed E-state index contributed by atoms with van der Waals surface area (Å²) in [6, 6.07) is 14.3. The Balaban J connectivity index is 1.53. The quantitative estimate of drug-likeness (QED) is 0.822. The van der Waals surface area contributed by atoms with Gasteiger partial charge in [0.05, 0.1) is 11.8 Å². The molecule has 2 N–H and O–H groups in total. The van der Waals surface area contributed by atoms with E-state index in [0.717, 1.165) is 11.3 Å². The Bertz CT molecular complexity index is 810. The molecule has 1 saturated carbocycles. The third-order valence-electron chi connectivity index (χ3n) is 4.34. The number of anilines is 2. The summed E-state index contributed by atoms with van der Waals surface area (Å²) in [5.74, 6) is -0.917. The molecular formula is C20H20N2O3. The van der Waals surface area contributed by atoms with Crippen LogP contribution in [0.2, 0.25) is 0 Å². The van der Waals surface area contributed by atoms with Gasteiger partial charge < -0.3 is 10.6 Å². The minimum atomic E-state index is -0.307. The van der Waals surface area contributed by atoms with Gasteiger partial charge in [0, 0.05) is 16.9 Å². The fraction of sp³-hybridized carbons (Fsp3) is 0.250. The largest absolute Gasteiger partial charge is 0.326 e. The highest BCUT2D eigenvalue weighted by molar-refractivity contribution is 6.03. The molecule has 25 heavy (non-hydrogen) atoms. The lowest BCUT2D eigenvalue weighted by Gasteiger charge is -2.07. The molecule has 0 radical (unpaired) electrons. The molecule has 0 aromatic heterocycles. The van der Waals surface area contributed by atoms with E-state index in [1.54, 1.807) is 24.3 Å². The lowest BCUT2D eigenvalue weighted by molar-refractivity contribution is -0.122. The van der Waals surface area contributed by atoms with Crippen molar-refractivity contribution in [3.63, 3.8) is 0 Å². The van der Waals surface area contributed by atoms with Crippen molar-refractivity contribution in [3.8, 4) is 0 Å². The highest BCUT2D eigenvalue weighted by Gasteiger charge is 2.48. The van der Waals surface area contributed by atoms with Crippen molar-refractivity contribution >= 4 is 29.0 Å². The molecule has 1 aliphatic carbocycles. The monoisotopic (exact) mass is 336 g/mol. The number of rotatable bonds is 5. The summed E-state index contributed by atoms with van der Waals surface area (Å²) in [4.78, 5) is 35.7. The van der Waals surface area contributed by atoms with Gasteiger partial charge >= 0.3 is 0 Å². The number of hydrogen-bond donors (Lipinski definition) is 2. The van der Waals surface area contributed by atoms with Crippen LogP contribution in [0.25, 0.3) is 0 Å². The van der Waals surface area contributed by atoms with Gasteiger partial charge in [0.25, 0.3) is 0 Å². The van der Waals surface area contributed by atoms with Crippen LogP contribution in [0.15, 0.2) is 48.5 Å². The number of nitrogens with one attached hydrogen (secondary N) is 2. The van der Waals surface area contributed by atoms with Crippen LogP contribution in [0, 0.1) is 18.8 Å². The van der Waals surface area contributed by atoms with Crippen molar-refractivity contribution in [3.05, 3.63) is 59.7 Å². The molecule has 2 aromatic rings. The van der Waals surface area contributed by atoms with Crippen LogP contribution in [0.4, 0.5) is 11.4 Å². The van der Waals surface area contributed by atoms with Gasteiger partial charge in [0.2, 0.25) is 11.8 Å². The first-order chi connectivity index (χ1) is 11.9. The molecule has 0 saturated heterocycles. The topological polar surface area (TPSA) is 75.3 Å². The van der Waals surface area contributed by atoms with E-state index in [-0.39, 0.29) is 29.4 Å². The van der Waals surface area contributed by atoms with Gasteiger partial charge in [-0.1, -0.05) is 17.7 Å². The maximum absolute atomic E-state index is 12.2. The van der Waals surface area contributed by atoms with Crippen LogP contribution in [-0.2, 0) is 9.59 Å². The van der Waals surface area contributed by atoms with Crippen molar-refractivity contribution in [2.75, 3.05) is 10.6 Å². The lowest BCUT2D eigenvalue weighted by Crippen LogP contribution is -2.20. The van der Waals surface area contributed by atoms with E-state index < -0.39 is 0 Å². The summed E-state index contributed by atoms with van der Waals surface area (Å²) in [6.07, 6.45) is 0.551. The van der Waals surface area contributed by atoms with Crippen LogP contribution < -0.4 is 10.6 Å². The van der Waals surface area contributed by atoms with Crippen LogP contribution >= 0.6 is 0 Å². The van der Waals surface area contributed by atoms with Crippen molar-refractivity contribution in [1.29, 1.82) is 0 Å². The van der Waals surface area contributed by atoms with Crippen LogP contribution in [-0.4, -0.2) is 17.6 Å². The molecule has 5 heteroatoms. The molecule has 2 unspecified atom stereocenters. The third-order valence-corrected chi connectivity index (χ3v) is 4.34. The third kappa shape index (κ3) is 4.12. The number of Topliss-reactive ketones (excluding diaryl/α,β-unsaturated/α-hetero) is 1. The average Bonchev–Trinajstić information content (AvgIpc) is 3.38. The number of aryl methyl sites for hydroxylation is 1. The number of carbonyl (C=O) groups excluding carboxylic acids is 3. The molecule has 1 aliphatic rings. The predicted octanol–water partition coefficient (Wildman–Crippen LogP) is 3.41. The fourth-order valence-electron chi connectivity index (χ4n) is 2.67. The summed E-state index contributed by atoms with van der Waals surface area (Å²) in [5, 5.41) is 5.64. The highest BCUT2D eigenvalue weighted by Crippen LogP contribution is 2.40. The molecule has 128 valence electrons. The molecule has 2 atom stereocenters. The maximum Gasteiger partial charge on any atom is 0.228 e. The first-order valence-electron chi connectivity index (χ1n) is 8.23. The van der Waals surface area contributed by atoms with Gasteiger partial charge in [-0.15, -0.1) is 0 Å². The van der Waals surface area contributed by atoms with Gasteiger partial charge in [0.15, 0.2) is 5.78 Å². The second kappa shape index (κ2) is 6.89. The van der Waals surface area contributed by atoms with E-state index in [2.05, 4.69) is 10.6 Å². The van der Waals surface area contributed by atoms with Crippen molar-refractivity contribution in [2.45, 2.75) is 20.3 Å². The maximum atomic E-state index is 12.2. The van der Waals surface area contributed by atoms with E-state index in [4.69, 9.17) is 0 Å². The molecule has 5 nitrogen and oxygen atoms in total. The number of hydrogen-bond acceptors (Lipinski definition) is 3. The fourth-order valence-corrected chi connectivity index (χ4v) is 2.67. The van der Waals surface area contributed by atoms with E-state index in [0.29, 0.717) is 17.7 Å². The lowest BCUT2D eigenvalue weighted by atomic mass is 10.1. The minimum absolute atomic E-state index is 0.0205. The number of ketones is 1. The number of carbonyl (C=O) groups is 3. The van der Waals surface area contributed by atoms with Crippen LogP contribution in [0.3, 0.4) is 0 Å². The molecular weight excluding hydrogens is 316 g/mol. The first kappa shape index (κ1) is 16.9. The van der Waals surface area contributed by atoms with Gasteiger partial charge in [-0.2, -0.15) is 0 Å². The molecule has 0 bridgehead atoms. The van der Waals surface area contributed by atoms with Gasteiger partial charge in [-0.3, -0.25) is 14.4 Å². The van der Waals surface area contributed by atoms with Crippen molar-refractivity contribution in [2.24, 2.45) is 11.8 Å². The normalized spacial score (nSPS) is 18.3. The summed E-state index contributed by atoms with van der Waals surface area (Å²) in [6.45, 7) is 3.48. The zero-order chi connectivity index (χ0) is 18.0. The van der Waals surface area contributed by atoms with E-state index in [1.165, 1.54) is 6.92 Å². The second-order valence-corrected chi connectivity index (χ2v) is 6.43. The van der Waals surface area contributed by atoms with Gasteiger partial charge in [-0.05, 0) is 56.7 Å². The van der Waals surface area contributed by atoms with E-state index >= 15 is 0 Å². The Hall–Kier alpha value is -2.95. The van der Waals surface area contributed by atoms with E-state index in [1.807, 2.05) is 31.2 Å². The molecule has 1 fully saturated rings. The molecule has 2 amide bonds.